The highest BCUT2D eigenvalue weighted by Crippen LogP contribution is 2.22. The number of aromatic nitrogens is 2. The van der Waals surface area contributed by atoms with Crippen LogP contribution in [0.15, 0.2) is 85.2 Å². The summed E-state index contributed by atoms with van der Waals surface area (Å²) in [4.78, 5) is 20.8. The Kier molecular flexibility index (Phi) is 3.92. The lowest BCUT2D eigenvalue weighted by Gasteiger charge is -2.07. The van der Waals surface area contributed by atoms with E-state index in [1.807, 2.05) is 54.6 Å². The fourth-order valence-corrected chi connectivity index (χ4v) is 2.65. The summed E-state index contributed by atoms with van der Waals surface area (Å²) in [6.07, 6.45) is 3.19. The smallest absolute Gasteiger partial charge is 0.257 e. The zero-order valence-corrected chi connectivity index (χ0v) is 13.4. The van der Waals surface area contributed by atoms with Crippen molar-refractivity contribution < 1.29 is 4.79 Å². The maximum atomic E-state index is 12.2. The van der Waals surface area contributed by atoms with E-state index in [-0.39, 0.29) is 5.91 Å². The maximum Gasteiger partial charge on any atom is 0.257 e. The molecule has 120 valence electrons. The third-order valence-corrected chi connectivity index (χ3v) is 3.96. The van der Waals surface area contributed by atoms with Gasteiger partial charge >= 0.3 is 0 Å². The van der Waals surface area contributed by atoms with E-state index in [9.17, 15) is 4.79 Å². The molecule has 4 aromatic rings. The molecule has 0 bridgehead atoms. The van der Waals surface area contributed by atoms with Crippen LogP contribution in [0.25, 0.3) is 22.2 Å². The van der Waals surface area contributed by atoms with E-state index in [1.54, 1.807) is 24.5 Å². The lowest BCUT2D eigenvalue weighted by atomic mass is 10.1. The highest BCUT2D eigenvalue weighted by Gasteiger charge is 2.06. The topological polar surface area (TPSA) is 54.9 Å². The van der Waals surface area contributed by atoms with Crippen molar-refractivity contribution in [3.8, 4) is 11.3 Å². The van der Waals surface area contributed by atoms with Crippen LogP contribution in [-0.4, -0.2) is 15.9 Å². The minimum atomic E-state index is -0.176. The summed E-state index contributed by atoms with van der Waals surface area (Å²) in [6, 6.07) is 23.2. The Hall–Kier alpha value is -3.53. The number of benzene rings is 2. The van der Waals surface area contributed by atoms with Gasteiger partial charge in [0.05, 0.1) is 16.8 Å². The normalized spacial score (nSPS) is 10.6. The molecule has 2 aromatic heterocycles. The lowest BCUT2D eigenvalue weighted by Crippen LogP contribution is -2.11. The molecule has 1 amide bonds. The van der Waals surface area contributed by atoms with Crippen LogP contribution < -0.4 is 5.32 Å². The van der Waals surface area contributed by atoms with Gasteiger partial charge in [-0.2, -0.15) is 0 Å². The molecule has 0 unspecified atom stereocenters. The number of hydrogen-bond acceptors (Lipinski definition) is 3. The van der Waals surface area contributed by atoms with Crippen molar-refractivity contribution in [2.45, 2.75) is 0 Å². The number of fused-ring (bicyclic) bond motifs is 1. The highest BCUT2D eigenvalue weighted by atomic mass is 16.1. The van der Waals surface area contributed by atoms with Gasteiger partial charge in [0.2, 0.25) is 0 Å². The molecule has 0 atom stereocenters. The number of anilines is 1. The molecule has 0 aliphatic rings. The summed E-state index contributed by atoms with van der Waals surface area (Å²) in [5.74, 6) is -0.176. The first-order chi connectivity index (χ1) is 12.3. The van der Waals surface area contributed by atoms with Crippen LogP contribution in [0, 0.1) is 0 Å². The largest absolute Gasteiger partial charge is 0.322 e. The number of nitrogens with zero attached hydrogens (tertiary/aromatic N) is 2. The van der Waals surface area contributed by atoms with Gasteiger partial charge in [0.25, 0.3) is 5.91 Å². The number of carbonyl (C=O) groups excluding carboxylic acids is 1. The van der Waals surface area contributed by atoms with Crippen LogP contribution in [0.4, 0.5) is 5.69 Å². The first kappa shape index (κ1) is 15.0. The molecule has 0 aliphatic carbocycles. The average Bonchev–Trinajstić information content (AvgIpc) is 2.69. The van der Waals surface area contributed by atoms with E-state index in [4.69, 9.17) is 0 Å². The Morgan fingerprint density at radius 3 is 2.48 bits per heavy atom. The Bertz CT molecular complexity index is 1030. The van der Waals surface area contributed by atoms with Gasteiger partial charge in [-0.3, -0.25) is 9.78 Å². The van der Waals surface area contributed by atoms with Crippen LogP contribution in [0.2, 0.25) is 0 Å². The van der Waals surface area contributed by atoms with Gasteiger partial charge in [-0.25, -0.2) is 4.98 Å². The van der Waals surface area contributed by atoms with Gasteiger partial charge < -0.3 is 5.32 Å². The molecule has 0 saturated carbocycles. The van der Waals surface area contributed by atoms with Crippen LogP contribution in [0.5, 0.6) is 0 Å². The van der Waals surface area contributed by atoms with Crippen molar-refractivity contribution in [1.82, 2.24) is 9.97 Å². The first-order valence-corrected chi connectivity index (χ1v) is 7.97. The van der Waals surface area contributed by atoms with Crippen molar-refractivity contribution >= 4 is 22.5 Å². The summed E-state index contributed by atoms with van der Waals surface area (Å²) in [5, 5.41) is 3.98. The monoisotopic (exact) mass is 325 g/mol. The van der Waals surface area contributed by atoms with Crippen LogP contribution in [0.3, 0.4) is 0 Å². The molecule has 2 aromatic carbocycles. The van der Waals surface area contributed by atoms with E-state index >= 15 is 0 Å². The zero-order chi connectivity index (χ0) is 17.1. The summed E-state index contributed by atoms with van der Waals surface area (Å²) in [5.41, 5.74) is 4.14. The molecule has 4 nitrogen and oxygen atoms in total. The summed E-state index contributed by atoms with van der Waals surface area (Å²) >= 11 is 0. The molecule has 25 heavy (non-hydrogen) atoms. The fraction of sp³-hybridized carbons (Fsp3) is 0. The second-order valence-electron chi connectivity index (χ2n) is 5.66. The van der Waals surface area contributed by atoms with Gasteiger partial charge in [-0.15, -0.1) is 0 Å². The number of amides is 1. The number of pyridine rings is 2. The number of hydrogen-bond donors (Lipinski definition) is 1. The Morgan fingerprint density at radius 2 is 1.68 bits per heavy atom. The number of para-hydroxylation sites is 1. The van der Waals surface area contributed by atoms with E-state index in [1.165, 1.54) is 0 Å². The van der Waals surface area contributed by atoms with E-state index in [0.29, 0.717) is 5.56 Å². The molecule has 4 rings (SSSR count). The van der Waals surface area contributed by atoms with Crippen LogP contribution >= 0.6 is 0 Å². The number of rotatable bonds is 3. The van der Waals surface area contributed by atoms with E-state index < -0.39 is 0 Å². The molecule has 0 saturated heterocycles. The molecular weight excluding hydrogens is 310 g/mol. The van der Waals surface area contributed by atoms with Gasteiger partial charge in [-0.1, -0.05) is 36.4 Å². The summed E-state index contributed by atoms with van der Waals surface area (Å²) in [7, 11) is 0. The molecule has 1 N–H and O–H groups in total. The molecule has 0 fully saturated rings. The Labute approximate surface area is 145 Å². The van der Waals surface area contributed by atoms with E-state index in [0.717, 1.165) is 27.8 Å². The molecule has 4 heteroatoms. The summed E-state index contributed by atoms with van der Waals surface area (Å²) < 4.78 is 0. The molecular formula is C21H15N3O. The zero-order valence-electron chi connectivity index (χ0n) is 13.4. The minimum absolute atomic E-state index is 0.176. The van der Waals surface area contributed by atoms with Crippen molar-refractivity contribution in [3.05, 3.63) is 90.8 Å². The number of nitrogens with one attached hydrogen (secondary N) is 1. The number of carbonyl (C=O) groups is 1. The molecule has 0 spiro atoms. The second kappa shape index (κ2) is 6.53. The first-order valence-electron chi connectivity index (χ1n) is 7.97. The van der Waals surface area contributed by atoms with Gasteiger partial charge in [-0.05, 0) is 36.4 Å². The second-order valence-corrected chi connectivity index (χ2v) is 5.66. The molecule has 0 radical (unpaired) electrons. The van der Waals surface area contributed by atoms with Crippen molar-refractivity contribution in [1.29, 1.82) is 0 Å². The van der Waals surface area contributed by atoms with Crippen molar-refractivity contribution in [2.75, 3.05) is 5.32 Å². The third-order valence-electron chi connectivity index (χ3n) is 3.96. The predicted octanol–water partition coefficient (Wildman–Crippen LogP) is 4.55. The highest BCUT2D eigenvalue weighted by molar-refractivity contribution is 6.04. The van der Waals surface area contributed by atoms with Gasteiger partial charge in [0.1, 0.15) is 0 Å². The maximum absolute atomic E-state index is 12.2. The van der Waals surface area contributed by atoms with Crippen molar-refractivity contribution in [2.24, 2.45) is 0 Å². The Morgan fingerprint density at radius 1 is 0.840 bits per heavy atom. The fourth-order valence-electron chi connectivity index (χ4n) is 2.65. The SMILES string of the molecule is O=C(Nc1ccc(-c2ccc3ccccc3n2)cc1)c1cccnc1. The Balaban J connectivity index is 1.56. The van der Waals surface area contributed by atoms with Crippen LogP contribution in [0.1, 0.15) is 10.4 Å². The van der Waals surface area contributed by atoms with Gasteiger partial charge in [0, 0.05) is 29.0 Å². The van der Waals surface area contributed by atoms with Gasteiger partial charge in [0.15, 0.2) is 0 Å². The third kappa shape index (κ3) is 3.23. The summed E-state index contributed by atoms with van der Waals surface area (Å²) in [6.45, 7) is 0. The predicted molar refractivity (Wildman–Crippen MR) is 99.4 cm³/mol. The molecule has 2 heterocycles. The standard InChI is InChI=1S/C21H15N3O/c25-21(17-5-3-13-22-14-17)23-18-10-7-16(8-11-18)20-12-9-15-4-1-2-6-19(15)24-20/h1-14H,(H,23,25). The lowest BCUT2D eigenvalue weighted by molar-refractivity contribution is 0.102. The average molecular weight is 325 g/mol. The van der Waals surface area contributed by atoms with Crippen molar-refractivity contribution in [3.63, 3.8) is 0 Å². The quantitative estimate of drug-likeness (QED) is 0.601. The molecule has 0 aliphatic heterocycles. The van der Waals surface area contributed by atoms with E-state index in [2.05, 4.69) is 21.4 Å². The minimum Gasteiger partial charge on any atom is -0.322 e. The van der Waals surface area contributed by atoms with Crippen LogP contribution in [-0.2, 0) is 0 Å².